The second-order valence-corrected chi connectivity index (χ2v) is 4.83. The average Bonchev–Trinajstić information content (AvgIpc) is 2.23. The highest BCUT2D eigenvalue weighted by atomic mass is 32.2. The summed E-state index contributed by atoms with van der Waals surface area (Å²) in [6, 6.07) is 10.3. The molecular weight excluding hydrogens is 192 g/mol. The van der Waals surface area contributed by atoms with E-state index in [1.807, 2.05) is 30.0 Å². The van der Waals surface area contributed by atoms with Crippen LogP contribution in [0.5, 0.6) is 0 Å². The van der Waals surface area contributed by atoms with Gasteiger partial charge in [0, 0.05) is 23.8 Å². The van der Waals surface area contributed by atoms with E-state index in [-0.39, 0.29) is 5.92 Å². The van der Waals surface area contributed by atoms with Gasteiger partial charge in [0.1, 0.15) is 5.78 Å². The summed E-state index contributed by atoms with van der Waals surface area (Å²) < 4.78 is 0. The second kappa shape index (κ2) is 4.65. The van der Waals surface area contributed by atoms with Gasteiger partial charge in [-0.3, -0.25) is 4.79 Å². The molecule has 74 valence electrons. The second-order valence-electron chi connectivity index (χ2n) is 3.68. The number of hydrogen-bond donors (Lipinski definition) is 0. The van der Waals surface area contributed by atoms with Crippen LogP contribution in [0, 0.1) is 5.92 Å². The Morgan fingerprint density at radius 1 is 1.29 bits per heavy atom. The van der Waals surface area contributed by atoms with Crippen LogP contribution in [-0.4, -0.2) is 17.3 Å². The topological polar surface area (TPSA) is 17.1 Å². The molecule has 1 atom stereocenters. The van der Waals surface area contributed by atoms with Crippen LogP contribution in [-0.2, 0) is 11.2 Å². The minimum atomic E-state index is 0.260. The lowest BCUT2D eigenvalue weighted by Crippen LogP contribution is -2.24. The highest BCUT2D eigenvalue weighted by Crippen LogP contribution is 2.22. The van der Waals surface area contributed by atoms with Crippen molar-refractivity contribution in [1.82, 2.24) is 0 Å². The molecule has 1 heterocycles. The van der Waals surface area contributed by atoms with Crippen molar-refractivity contribution in [2.24, 2.45) is 5.92 Å². The first-order chi connectivity index (χ1) is 6.86. The van der Waals surface area contributed by atoms with Crippen LogP contribution in [0.3, 0.4) is 0 Å². The number of hydrogen-bond acceptors (Lipinski definition) is 2. The van der Waals surface area contributed by atoms with Gasteiger partial charge in [-0.2, -0.15) is 11.8 Å². The molecule has 1 saturated heterocycles. The van der Waals surface area contributed by atoms with Crippen molar-refractivity contribution in [3.05, 3.63) is 35.9 Å². The molecule has 14 heavy (non-hydrogen) atoms. The van der Waals surface area contributed by atoms with Crippen molar-refractivity contribution in [3.8, 4) is 0 Å². The van der Waals surface area contributed by atoms with Crippen molar-refractivity contribution >= 4 is 17.5 Å². The van der Waals surface area contributed by atoms with Gasteiger partial charge >= 0.3 is 0 Å². The van der Waals surface area contributed by atoms with Crippen molar-refractivity contribution < 1.29 is 4.79 Å². The van der Waals surface area contributed by atoms with E-state index in [0.29, 0.717) is 5.78 Å². The van der Waals surface area contributed by atoms with Crippen molar-refractivity contribution in [2.75, 3.05) is 11.5 Å². The molecule has 0 amide bonds. The number of rotatable bonds is 2. The molecule has 2 rings (SSSR count). The van der Waals surface area contributed by atoms with Crippen LogP contribution < -0.4 is 0 Å². The van der Waals surface area contributed by atoms with E-state index < -0.39 is 0 Å². The number of thioether (sulfide) groups is 1. The van der Waals surface area contributed by atoms with Gasteiger partial charge in [-0.15, -0.1) is 0 Å². The number of carbonyl (C=O) groups excluding carboxylic acids is 1. The van der Waals surface area contributed by atoms with Gasteiger partial charge in [-0.1, -0.05) is 30.3 Å². The first kappa shape index (κ1) is 9.78. The Labute approximate surface area is 88.9 Å². The van der Waals surface area contributed by atoms with Crippen LogP contribution in [0.4, 0.5) is 0 Å². The fraction of sp³-hybridized carbons (Fsp3) is 0.417. The zero-order chi connectivity index (χ0) is 9.80. The van der Waals surface area contributed by atoms with Crippen LogP contribution >= 0.6 is 11.8 Å². The van der Waals surface area contributed by atoms with Crippen LogP contribution in [0.1, 0.15) is 12.0 Å². The first-order valence-electron chi connectivity index (χ1n) is 5.00. The summed E-state index contributed by atoms with van der Waals surface area (Å²) in [5.74, 6) is 2.74. The lowest BCUT2D eigenvalue weighted by Gasteiger charge is -2.19. The molecular formula is C12H14OS. The molecule has 1 nitrogen and oxygen atoms in total. The molecule has 1 fully saturated rings. The molecule has 0 spiro atoms. The Morgan fingerprint density at radius 2 is 2.07 bits per heavy atom. The predicted octanol–water partition coefficient (Wildman–Crippen LogP) is 2.55. The molecule has 1 aliphatic heterocycles. The van der Waals surface area contributed by atoms with Gasteiger partial charge in [0.2, 0.25) is 0 Å². The monoisotopic (exact) mass is 206 g/mol. The van der Waals surface area contributed by atoms with E-state index in [4.69, 9.17) is 0 Å². The third-order valence-electron chi connectivity index (χ3n) is 2.59. The summed E-state index contributed by atoms with van der Waals surface area (Å²) >= 11 is 1.91. The molecule has 1 aromatic carbocycles. The molecule has 0 aromatic heterocycles. The van der Waals surface area contributed by atoms with E-state index in [1.165, 1.54) is 5.56 Å². The Bertz CT molecular complexity index is 307. The maximum atomic E-state index is 11.6. The minimum absolute atomic E-state index is 0.260. The fourth-order valence-corrected chi connectivity index (χ4v) is 2.87. The molecule has 0 N–H and O–H groups in total. The SMILES string of the molecule is O=C1CCSCC1Cc1ccccc1. The molecule has 0 radical (unpaired) electrons. The van der Waals surface area contributed by atoms with E-state index in [1.54, 1.807) is 0 Å². The maximum absolute atomic E-state index is 11.6. The zero-order valence-corrected chi connectivity index (χ0v) is 8.93. The van der Waals surface area contributed by atoms with E-state index >= 15 is 0 Å². The smallest absolute Gasteiger partial charge is 0.137 e. The van der Waals surface area contributed by atoms with E-state index in [2.05, 4.69) is 12.1 Å². The molecule has 2 heteroatoms. The zero-order valence-electron chi connectivity index (χ0n) is 8.11. The Kier molecular flexibility index (Phi) is 3.25. The largest absolute Gasteiger partial charge is 0.299 e. The normalized spacial score (nSPS) is 22.3. The van der Waals surface area contributed by atoms with Gasteiger partial charge in [0.05, 0.1) is 0 Å². The Balaban J connectivity index is 2.00. The third kappa shape index (κ3) is 2.38. The van der Waals surface area contributed by atoms with Gasteiger partial charge < -0.3 is 0 Å². The van der Waals surface area contributed by atoms with E-state index in [0.717, 1.165) is 24.3 Å². The highest BCUT2D eigenvalue weighted by Gasteiger charge is 2.22. The summed E-state index contributed by atoms with van der Waals surface area (Å²) in [5.41, 5.74) is 1.29. The lowest BCUT2D eigenvalue weighted by molar-refractivity contribution is -0.122. The standard InChI is InChI=1S/C12H14OS/c13-12-6-7-14-9-11(12)8-10-4-2-1-3-5-10/h1-5,11H,6-9H2. The van der Waals surface area contributed by atoms with Gasteiger partial charge in [-0.05, 0) is 12.0 Å². The van der Waals surface area contributed by atoms with Crippen molar-refractivity contribution in [2.45, 2.75) is 12.8 Å². The van der Waals surface area contributed by atoms with Crippen LogP contribution in [0.25, 0.3) is 0 Å². The van der Waals surface area contributed by atoms with Crippen molar-refractivity contribution in [3.63, 3.8) is 0 Å². The number of ketones is 1. The summed E-state index contributed by atoms with van der Waals surface area (Å²) in [7, 11) is 0. The quantitative estimate of drug-likeness (QED) is 0.739. The molecule has 1 unspecified atom stereocenters. The predicted molar refractivity (Wildman–Crippen MR) is 60.6 cm³/mol. The number of carbonyl (C=O) groups is 1. The lowest BCUT2D eigenvalue weighted by atomic mass is 9.95. The highest BCUT2D eigenvalue weighted by molar-refractivity contribution is 7.99. The Morgan fingerprint density at radius 3 is 2.79 bits per heavy atom. The molecule has 1 aromatic rings. The molecule has 1 aliphatic rings. The number of Topliss-reactive ketones (excluding diaryl/α,β-unsaturated/α-hetero) is 1. The van der Waals surface area contributed by atoms with E-state index in [9.17, 15) is 4.79 Å². The summed E-state index contributed by atoms with van der Waals surface area (Å²) in [6.45, 7) is 0. The van der Waals surface area contributed by atoms with Crippen LogP contribution in [0.15, 0.2) is 30.3 Å². The third-order valence-corrected chi connectivity index (χ3v) is 3.72. The summed E-state index contributed by atoms with van der Waals surface area (Å²) in [4.78, 5) is 11.6. The maximum Gasteiger partial charge on any atom is 0.137 e. The molecule has 0 saturated carbocycles. The number of benzene rings is 1. The van der Waals surface area contributed by atoms with Crippen LogP contribution in [0.2, 0.25) is 0 Å². The summed E-state index contributed by atoms with van der Waals surface area (Å²) in [6.07, 6.45) is 1.69. The van der Waals surface area contributed by atoms with Crippen molar-refractivity contribution in [1.29, 1.82) is 0 Å². The molecule has 0 bridgehead atoms. The fourth-order valence-electron chi connectivity index (χ4n) is 1.77. The van der Waals surface area contributed by atoms with Gasteiger partial charge in [-0.25, -0.2) is 0 Å². The average molecular weight is 206 g/mol. The van der Waals surface area contributed by atoms with Gasteiger partial charge in [0.25, 0.3) is 0 Å². The first-order valence-corrected chi connectivity index (χ1v) is 6.16. The molecule has 0 aliphatic carbocycles. The van der Waals surface area contributed by atoms with Gasteiger partial charge in [0.15, 0.2) is 0 Å². The minimum Gasteiger partial charge on any atom is -0.299 e. The summed E-state index contributed by atoms with van der Waals surface area (Å²) in [5, 5.41) is 0. The Hall–Kier alpha value is -0.760.